The first-order valence-electron chi connectivity index (χ1n) is 4.46. The molecule has 3 nitrogen and oxygen atoms in total. The second-order valence-electron chi connectivity index (χ2n) is 3.57. The van der Waals surface area contributed by atoms with Gasteiger partial charge in [0.25, 0.3) is 0 Å². The molecule has 3 radical (unpaired) electrons. The Morgan fingerprint density at radius 3 is 2.62 bits per heavy atom. The van der Waals surface area contributed by atoms with Gasteiger partial charge in [-0.1, -0.05) is 0 Å². The number of hydrogen-bond donors (Lipinski definition) is 0. The fourth-order valence-corrected chi connectivity index (χ4v) is 1.87. The first-order chi connectivity index (χ1) is 6.08. The standard InChI is InChI=1S/C9H16NO2.Sn/c1-4-8(9(2,3)12)5-6-10-7-11;/h8H,4-6H2,1-3H3;/q-1;+1. The van der Waals surface area contributed by atoms with E-state index in [2.05, 4.69) is 25.8 Å². The van der Waals surface area contributed by atoms with Crippen LogP contribution < -0.4 is 0 Å². The molecule has 0 bridgehead atoms. The Morgan fingerprint density at radius 2 is 2.23 bits per heavy atom. The molecule has 0 aromatic rings. The van der Waals surface area contributed by atoms with Crippen LogP contribution in [0.15, 0.2) is 4.99 Å². The zero-order valence-electron chi connectivity index (χ0n) is 8.46. The Labute approximate surface area is 93.6 Å². The molecule has 0 aliphatic rings. The molecule has 73 valence electrons. The number of nitrogens with zero attached hydrogens (tertiary/aromatic N) is 1. The molecule has 0 N–H and O–H groups in total. The van der Waals surface area contributed by atoms with Crippen molar-refractivity contribution in [1.29, 1.82) is 0 Å². The van der Waals surface area contributed by atoms with Gasteiger partial charge in [-0.05, 0) is 0 Å². The molecule has 0 saturated heterocycles. The molecule has 0 amide bonds. The van der Waals surface area contributed by atoms with Crippen LogP contribution in [0.25, 0.3) is 0 Å². The van der Waals surface area contributed by atoms with E-state index >= 15 is 0 Å². The molecular formula is C9H16NO2Sn. The van der Waals surface area contributed by atoms with E-state index < -0.39 is 0 Å². The fourth-order valence-electron chi connectivity index (χ4n) is 1.39. The van der Waals surface area contributed by atoms with Crippen LogP contribution in [0.2, 0.25) is 0 Å². The van der Waals surface area contributed by atoms with Crippen LogP contribution in [0.4, 0.5) is 0 Å². The van der Waals surface area contributed by atoms with Crippen molar-refractivity contribution in [1.82, 2.24) is 0 Å². The van der Waals surface area contributed by atoms with E-state index in [-0.39, 0.29) is 5.60 Å². The van der Waals surface area contributed by atoms with Gasteiger partial charge in [-0.15, -0.1) is 0 Å². The molecular weight excluding hydrogens is 273 g/mol. The van der Waals surface area contributed by atoms with Gasteiger partial charge in [0.1, 0.15) is 0 Å². The van der Waals surface area contributed by atoms with Crippen molar-refractivity contribution in [2.24, 2.45) is 10.9 Å². The van der Waals surface area contributed by atoms with Crippen LogP contribution in [0, 0.1) is 5.92 Å². The van der Waals surface area contributed by atoms with E-state index in [1.807, 2.05) is 0 Å². The van der Waals surface area contributed by atoms with Crippen LogP contribution in [0.3, 0.4) is 0 Å². The number of carbonyl (C=O) groups excluding carboxylic acids is 1. The molecule has 0 aliphatic carbocycles. The van der Waals surface area contributed by atoms with Gasteiger partial charge in [-0.2, -0.15) is 0 Å². The Hall–Kier alpha value is 0.139. The summed E-state index contributed by atoms with van der Waals surface area (Å²) in [6.45, 7) is 6.86. The molecule has 0 spiro atoms. The van der Waals surface area contributed by atoms with Crippen LogP contribution >= 0.6 is 0 Å². The Balaban J connectivity index is 4.08. The summed E-state index contributed by atoms with van der Waals surface area (Å²) in [5, 5.41) is 0. The third kappa shape index (κ3) is 4.79. The van der Waals surface area contributed by atoms with Crippen molar-refractivity contribution in [3.8, 4) is 0 Å². The van der Waals surface area contributed by atoms with E-state index in [0.717, 1.165) is 35.8 Å². The minimum absolute atomic E-state index is 0.0918. The van der Waals surface area contributed by atoms with Crippen LogP contribution in [0.1, 0.15) is 33.6 Å². The third-order valence-corrected chi connectivity index (χ3v) is 3.89. The minimum atomic E-state index is -0.0918. The molecule has 0 aromatic heterocycles. The summed E-state index contributed by atoms with van der Waals surface area (Å²) in [5.41, 5.74) is -0.0918. The van der Waals surface area contributed by atoms with Gasteiger partial charge in [0.05, 0.1) is 0 Å². The van der Waals surface area contributed by atoms with Crippen molar-refractivity contribution < 1.29 is 7.87 Å². The van der Waals surface area contributed by atoms with E-state index in [0.29, 0.717) is 12.5 Å². The van der Waals surface area contributed by atoms with Crippen molar-refractivity contribution >= 4 is 29.0 Å². The quantitative estimate of drug-likeness (QED) is 0.423. The third-order valence-electron chi connectivity index (χ3n) is 2.39. The Bertz CT molecular complexity index is 188. The van der Waals surface area contributed by atoms with Crippen LogP contribution in [0.5, 0.6) is 0 Å². The number of rotatable bonds is 6. The first-order valence-corrected chi connectivity index (χ1v) is 5.63. The summed E-state index contributed by atoms with van der Waals surface area (Å²) >= 11 is 1.09. The van der Waals surface area contributed by atoms with Gasteiger partial charge in [0.2, 0.25) is 0 Å². The van der Waals surface area contributed by atoms with Gasteiger partial charge in [-0.25, -0.2) is 0 Å². The van der Waals surface area contributed by atoms with Gasteiger partial charge in [0.15, 0.2) is 0 Å². The molecule has 0 heterocycles. The van der Waals surface area contributed by atoms with E-state index in [9.17, 15) is 4.79 Å². The normalized spacial score (nSPS) is 13.5. The summed E-state index contributed by atoms with van der Waals surface area (Å²) in [4.78, 5) is 13.4. The summed E-state index contributed by atoms with van der Waals surface area (Å²) < 4.78 is 5.47. The predicted molar refractivity (Wildman–Crippen MR) is 52.3 cm³/mol. The molecule has 0 rings (SSSR count). The molecule has 0 saturated carbocycles. The molecule has 4 heteroatoms. The monoisotopic (exact) mass is 290 g/mol. The van der Waals surface area contributed by atoms with Crippen molar-refractivity contribution in [3.63, 3.8) is 0 Å². The topological polar surface area (TPSA) is 38.7 Å². The summed E-state index contributed by atoms with van der Waals surface area (Å²) in [5.74, 6) is 0.462. The van der Waals surface area contributed by atoms with Gasteiger partial charge in [-0.3, -0.25) is 0 Å². The molecule has 0 aromatic carbocycles. The maximum atomic E-state index is 9.88. The van der Waals surface area contributed by atoms with E-state index in [4.69, 9.17) is 3.07 Å². The van der Waals surface area contributed by atoms with Gasteiger partial charge >= 0.3 is 93.6 Å². The van der Waals surface area contributed by atoms with Crippen molar-refractivity contribution in [3.05, 3.63) is 0 Å². The number of hydrogen-bond acceptors (Lipinski definition) is 3. The van der Waals surface area contributed by atoms with E-state index in [1.54, 1.807) is 6.08 Å². The maximum absolute atomic E-state index is 9.88. The zero-order chi connectivity index (χ0) is 10.3. The predicted octanol–water partition coefficient (Wildman–Crippen LogP) is 1.62. The fraction of sp³-hybridized carbons (Fsp3) is 0.889. The summed E-state index contributed by atoms with van der Waals surface area (Å²) in [7, 11) is 0. The molecule has 0 aliphatic heterocycles. The Morgan fingerprint density at radius 1 is 1.62 bits per heavy atom. The van der Waals surface area contributed by atoms with E-state index in [1.165, 1.54) is 0 Å². The second kappa shape index (κ2) is 6.57. The number of aliphatic imine (C=N–C) groups is 1. The summed E-state index contributed by atoms with van der Waals surface area (Å²) in [6.07, 6.45) is 3.50. The average Bonchev–Trinajstić information content (AvgIpc) is 2.12. The number of isocyanates is 1. The SMILES string of the molecule is CCC(CCN=C=O)C(C)(C)[O][Sn]. The first kappa shape index (κ1) is 13.1. The van der Waals surface area contributed by atoms with Gasteiger partial charge in [0, 0.05) is 0 Å². The van der Waals surface area contributed by atoms with Crippen LogP contribution in [-0.2, 0) is 7.87 Å². The summed E-state index contributed by atoms with van der Waals surface area (Å²) in [6, 6.07) is 0. The molecule has 1 atom stereocenters. The van der Waals surface area contributed by atoms with Crippen molar-refractivity contribution in [2.45, 2.75) is 39.2 Å². The van der Waals surface area contributed by atoms with Crippen LogP contribution in [-0.4, -0.2) is 41.2 Å². The molecule has 0 fully saturated rings. The zero-order valence-corrected chi connectivity index (χ0v) is 11.3. The molecule has 13 heavy (non-hydrogen) atoms. The Kier molecular flexibility index (Phi) is 6.64. The average molecular weight is 289 g/mol. The second-order valence-corrected chi connectivity index (χ2v) is 4.15. The van der Waals surface area contributed by atoms with Gasteiger partial charge < -0.3 is 0 Å². The van der Waals surface area contributed by atoms with Crippen molar-refractivity contribution in [2.75, 3.05) is 6.54 Å². The molecule has 1 unspecified atom stereocenters.